The average Bonchev–Trinajstić information content (AvgIpc) is 2.65. The molecule has 0 aromatic heterocycles. The van der Waals surface area contributed by atoms with Gasteiger partial charge in [-0.3, -0.25) is 0 Å². The van der Waals surface area contributed by atoms with Crippen LogP contribution in [-0.4, -0.2) is 0 Å². The zero-order valence-corrected chi connectivity index (χ0v) is 15.3. The molecule has 2 aromatic rings. The van der Waals surface area contributed by atoms with Crippen molar-refractivity contribution in [3.8, 4) is 23.0 Å². The predicted octanol–water partition coefficient (Wildman–Crippen LogP) is 6.94. The summed E-state index contributed by atoms with van der Waals surface area (Å²) in [6.07, 6.45) is 8.04. The first-order valence-corrected chi connectivity index (χ1v) is 9.54. The number of benzene rings is 2. The van der Waals surface area contributed by atoms with Gasteiger partial charge in [0.25, 0.3) is 0 Å². The first kappa shape index (κ1) is 17.7. The molecule has 1 saturated carbocycles. The summed E-state index contributed by atoms with van der Waals surface area (Å²) in [7, 11) is 0. The molecule has 0 spiro atoms. The van der Waals surface area contributed by atoms with E-state index in [2.05, 4.69) is 43.0 Å². The number of hydrogen-bond donors (Lipinski definition) is 0. The van der Waals surface area contributed by atoms with Gasteiger partial charge in [0.05, 0.1) is 5.56 Å². The van der Waals surface area contributed by atoms with Gasteiger partial charge in [-0.2, -0.15) is 0 Å². The van der Waals surface area contributed by atoms with E-state index < -0.39 is 0 Å². The van der Waals surface area contributed by atoms with Crippen LogP contribution >= 0.6 is 0 Å². The molecule has 0 radical (unpaired) electrons. The molecule has 0 atom stereocenters. The molecule has 1 aliphatic rings. The molecule has 0 amide bonds. The lowest BCUT2D eigenvalue weighted by atomic mass is 9.77. The predicted molar refractivity (Wildman–Crippen MR) is 104 cm³/mol. The van der Waals surface area contributed by atoms with Crippen LogP contribution in [0.3, 0.4) is 0 Å². The van der Waals surface area contributed by atoms with Crippen molar-refractivity contribution in [3.05, 3.63) is 59.4 Å². The van der Waals surface area contributed by atoms with E-state index >= 15 is 0 Å². The summed E-state index contributed by atoms with van der Waals surface area (Å²) < 4.78 is 14.1. The maximum Gasteiger partial charge on any atom is 0.139 e. The third-order valence-electron chi connectivity index (χ3n) is 5.49. The second-order valence-corrected chi connectivity index (χ2v) is 7.20. The first-order valence-electron chi connectivity index (χ1n) is 9.54. The van der Waals surface area contributed by atoms with Gasteiger partial charge in [0.2, 0.25) is 0 Å². The van der Waals surface area contributed by atoms with Gasteiger partial charge in [-0.1, -0.05) is 56.0 Å². The van der Waals surface area contributed by atoms with Crippen molar-refractivity contribution in [2.45, 2.75) is 58.3 Å². The molecule has 25 heavy (non-hydrogen) atoms. The molecule has 0 N–H and O–H groups in total. The lowest BCUT2D eigenvalue weighted by Gasteiger charge is -2.28. The van der Waals surface area contributed by atoms with E-state index in [-0.39, 0.29) is 5.82 Å². The summed E-state index contributed by atoms with van der Waals surface area (Å²) in [5.74, 6) is 6.93. The molecule has 0 saturated heterocycles. The second-order valence-electron chi connectivity index (χ2n) is 7.20. The summed E-state index contributed by atoms with van der Waals surface area (Å²) >= 11 is 0. The minimum absolute atomic E-state index is 0.245. The van der Waals surface area contributed by atoms with Gasteiger partial charge in [-0.15, -0.1) is 5.92 Å². The maximum atomic E-state index is 14.1. The van der Waals surface area contributed by atoms with E-state index in [1.54, 1.807) is 19.1 Å². The highest BCUT2D eigenvalue weighted by Gasteiger charge is 2.21. The van der Waals surface area contributed by atoms with Crippen LogP contribution in [0.1, 0.15) is 69.4 Å². The van der Waals surface area contributed by atoms with Gasteiger partial charge < -0.3 is 0 Å². The minimum atomic E-state index is -0.245. The summed E-state index contributed by atoms with van der Waals surface area (Å²) in [6, 6.07) is 14.0. The summed E-state index contributed by atoms with van der Waals surface area (Å²) in [5, 5.41) is 0. The van der Waals surface area contributed by atoms with Gasteiger partial charge in [-0.25, -0.2) is 4.39 Å². The van der Waals surface area contributed by atoms with Gasteiger partial charge >= 0.3 is 0 Å². The molecule has 0 bridgehead atoms. The Morgan fingerprint density at radius 1 is 0.960 bits per heavy atom. The topological polar surface area (TPSA) is 0 Å². The molecule has 0 unspecified atom stereocenters. The third kappa shape index (κ3) is 4.31. The monoisotopic (exact) mass is 334 g/mol. The Kier molecular flexibility index (Phi) is 5.92. The lowest BCUT2D eigenvalue weighted by Crippen LogP contribution is -2.13. The standard InChI is InChI=1S/C24H27F/c1-3-5-18-7-9-19(10-8-18)20-11-13-21(14-12-20)23-16-15-22(6-4-2)24(25)17-23/h11-19H,3,5,7-10H2,1-2H3. The Bertz CT molecular complexity index is 753. The minimum Gasteiger partial charge on any atom is -0.206 e. The average molecular weight is 334 g/mol. The Morgan fingerprint density at radius 3 is 2.24 bits per heavy atom. The fourth-order valence-corrected chi connectivity index (χ4v) is 4.07. The van der Waals surface area contributed by atoms with E-state index in [1.165, 1.54) is 44.1 Å². The Balaban J connectivity index is 1.70. The molecule has 130 valence electrons. The number of rotatable bonds is 4. The van der Waals surface area contributed by atoms with Gasteiger partial charge in [0.1, 0.15) is 5.82 Å². The van der Waals surface area contributed by atoms with Crippen molar-refractivity contribution >= 4 is 0 Å². The molecule has 1 fully saturated rings. The molecule has 2 aromatic carbocycles. The molecule has 0 nitrogen and oxygen atoms in total. The SMILES string of the molecule is CC#Cc1ccc(-c2ccc(C3CCC(CCC)CC3)cc2)cc1F. The van der Waals surface area contributed by atoms with Crippen LogP contribution < -0.4 is 0 Å². The Labute approximate surface area is 151 Å². The van der Waals surface area contributed by atoms with Crippen molar-refractivity contribution in [2.24, 2.45) is 5.92 Å². The van der Waals surface area contributed by atoms with Crippen LogP contribution in [0.5, 0.6) is 0 Å². The number of halogens is 1. The van der Waals surface area contributed by atoms with Crippen molar-refractivity contribution in [1.82, 2.24) is 0 Å². The van der Waals surface area contributed by atoms with E-state index in [9.17, 15) is 4.39 Å². The van der Waals surface area contributed by atoms with E-state index in [0.717, 1.165) is 17.0 Å². The van der Waals surface area contributed by atoms with E-state index in [1.807, 2.05) is 6.07 Å². The van der Waals surface area contributed by atoms with Crippen LogP contribution in [-0.2, 0) is 0 Å². The van der Waals surface area contributed by atoms with Crippen molar-refractivity contribution in [2.75, 3.05) is 0 Å². The molecular weight excluding hydrogens is 307 g/mol. The van der Waals surface area contributed by atoms with Crippen molar-refractivity contribution in [3.63, 3.8) is 0 Å². The third-order valence-corrected chi connectivity index (χ3v) is 5.49. The van der Waals surface area contributed by atoms with Crippen molar-refractivity contribution < 1.29 is 4.39 Å². The molecule has 1 aliphatic carbocycles. The fourth-order valence-electron chi connectivity index (χ4n) is 4.07. The highest BCUT2D eigenvalue weighted by molar-refractivity contribution is 5.65. The Hall–Kier alpha value is -2.07. The van der Waals surface area contributed by atoms with E-state index in [4.69, 9.17) is 0 Å². The highest BCUT2D eigenvalue weighted by Crippen LogP contribution is 2.38. The van der Waals surface area contributed by atoms with Crippen LogP contribution in [0.15, 0.2) is 42.5 Å². The maximum absolute atomic E-state index is 14.1. The normalized spacial score (nSPS) is 20.0. The number of hydrogen-bond acceptors (Lipinski definition) is 0. The molecule has 0 aliphatic heterocycles. The second kappa shape index (κ2) is 8.34. The fraction of sp³-hybridized carbons (Fsp3) is 0.417. The zero-order chi connectivity index (χ0) is 17.6. The van der Waals surface area contributed by atoms with Crippen LogP contribution in [0, 0.1) is 23.6 Å². The van der Waals surface area contributed by atoms with Gasteiger partial charge in [0, 0.05) is 0 Å². The van der Waals surface area contributed by atoms with Crippen LogP contribution in [0.2, 0.25) is 0 Å². The molecule has 0 heterocycles. The smallest absolute Gasteiger partial charge is 0.139 e. The summed E-state index contributed by atoms with van der Waals surface area (Å²) in [5.41, 5.74) is 3.88. The zero-order valence-electron chi connectivity index (χ0n) is 15.3. The highest BCUT2D eigenvalue weighted by atomic mass is 19.1. The quantitative estimate of drug-likeness (QED) is 0.531. The largest absolute Gasteiger partial charge is 0.206 e. The summed E-state index contributed by atoms with van der Waals surface area (Å²) in [6.45, 7) is 4.01. The molecular formula is C24H27F. The van der Waals surface area contributed by atoms with Gasteiger partial charge in [0.15, 0.2) is 0 Å². The van der Waals surface area contributed by atoms with Crippen LogP contribution in [0.4, 0.5) is 4.39 Å². The first-order chi connectivity index (χ1) is 12.2. The summed E-state index contributed by atoms with van der Waals surface area (Å²) in [4.78, 5) is 0. The van der Waals surface area contributed by atoms with E-state index in [0.29, 0.717) is 11.5 Å². The molecule has 1 heteroatoms. The van der Waals surface area contributed by atoms with Gasteiger partial charge in [-0.05, 0) is 73.3 Å². The molecule has 3 rings (SSSR count). The lowest BCUT2D eigenvalue weighted by molar-refractivity contribution is 0.308. The Morgan fingerprint density at radius 2 is 1.64 bits per heavy atom. The van der Waals surface area contributed by atoms with Crippen LogP contribution in [0.25, 0.3) is 11.1 Å². The van der Waals surface area contributed by atoms with Crippen molar-refractivity contribution in [1.29, 1.82) is 0 Å².